The Morgan fingerprint density at radius 3 is 2.92 bits per heavy atom. The van der Waals surface area contributed by atoms with Gasteiger partial charge >= 0.3 is 0 Å². The van der Waals surface area contributed by atoms with Crippen LogP contribution in [0.15, 0.2) is 23.8 Å². The van der Waals surface area contributed by atoms with Gasteiger partial charge in [0.05, 0.1) is 6.04 Å². The Kier molecular flexibility index (Phi) is 3.74. The second kappa shape index (κ2) is 4.85. The van der Waals surface area contributed by atoms with Crippen LogP contribution in [0.25, 0.3) is 0 Å². The van der Waals surface area contributed by atoms with E-state index in [0.717, 1.165) is 12.8 Å². The van der Waals surface area contributed by atoms with Crippen LogP contribution in [-0.4, -0.2) is 11.9 Å². The van der Waals surface area contributed by atoms with Crippen molar-refractivity contribution in [3.63, 3.8) is 0 Å². The number of allylic oxidation sites excluding steroid dienone is 2. The van der Waals surface area contributed by atoms with Gasteiger partial charge in [0.15, 0.2) is 0 Å². The van der Waals surface area contributed by atoms with E-state index in [9.17, 15) is 4.79 Å². The zero-order valence-electron chi connectivity index (χ0n) is 8.34. The lowest BCUT2D eigenvalue weighted by Crippen LogP contribution is -2.26. The van der Waals surface area contributed by atoms with Gasteiger partial charge in [0, 0.05) is 6.42 Å². The van der Waals surface area contributed by atoms with Crippen molar-refractivity contribution in [1.29, 1.82) is 0 Å². The summed E-state index contributed by atoms with van der Waals surface area (Å²) in [7, 11) is 0. The van der Waals surface area contributed by atoms with Gasteiger partial charge in [-0.1, -0.05) is 25.2 Å². The van der Waals surface area contributed by atoms with Crippen LogP contribution >= 0.6 is 0 Å². The molecule has 1 N–H and O–H groups in total. The molecule has 0 bridgehead atoms. The largest absolute Gasteiger partial charge is 0.349 e. The normalized spacial score (nSPS) is 24.0. The molecule has 0 aromatic carbocycles. The molecule has 0 aromatic heterocycles. The highest BCUT2D eigenvalue weighted by molar-refractivity contribution is 5.79. The first kappa shape index (κ1) is 10.0. The Labute approximate surface area is 79.7 Å². The quantitative estimate of drug-likeness (QED) is 0.661. The summed E-state index contributed by atoms with van der Waals surface area (Å²) in [5, 5.41) is 2.96. The number of nitrogens with one attached hydrogen (secondary N) is 1. The molecule has 1 heterocycles. The number of hydrogen-bond acceptors (Lipinski definition) is 1. The highest BCUT2D eigenvalue weighted by atomic mass is 16.1. The van der Waals surface area contributed by atoms with E-state index >= 15 is 0 Å². The predicted octanol–water partition coefficient (Wildman–Crippen LogP) is 2.18. The minimum Gasteiger partial charge on any atom is -0.349 e. The van der Waals surface area contributed by atoms with Crippen molar-refractivity contribution < 1.29 is 4.79 Å². The van der Waals surface area contributed by atoms with Crippen LogP contribution in [0.2, 0.25) is 0 Å². The standard InChI is InChI=1S/C11H17NO/c1-3-5-6-9(4-2)10-7-8-11(13)12-10/h4-6,10H,3,7-8H2,1-2H3,(H,12,13)/b6-5-,9-4+. The molecule has 1 saturated heterocycles. The highest BCUT2D eigenvalue weighted by Gasteiger charge is 2.21. The summed E-state index contributed by atoms with van der Waals surface area (Å²) in [5.74, 6) is 0.175. The molecule has 2 heteroatoms. The fourth-order valence-electron chi connectivity index (χ4n) is 1.53. The van der Waals surface area contributed by atoms with Gasteiger partial charge in [-0.2, -0.15) is 0 Å². The summed E-state index contributed by atoms with van der Waals surface area (Å²) in [6.07, 6.45) is 8.95. The maximum absolute atomic E-state index is 11.0. The fourth-order valence-corrected chi connectivity index (χ4v) is 1.53. The Hall–Kier alpha value is -1.05. The molecule has 13 heavy (non-hydrogen) atoms. The Morgan fingerprint density at radius 1 is 1.69 bits per heavy atom. The van der Waals surface area contributed by atoms with E-state index in [0.29, 0.717) is 6.42 Å². The van der Waals surface area contributed by atoms with E-state index in [1.165, 1.54) is 5.57 Å². The van der Waals surface area contributed by atoms with Crippen molar-refractivity contribution in [2.75, 3.05) is 0 Å². The molecular weight excluding hydrogens is 162 g/mol. The minimum atomic E-state index is 0.175. The van der Waals surface area contributed by atoms with Crippen LogP contribution in [0.1, 0.15) is 33.1 Å². The monoisotopic (exact) mass is 179 g/mol. The number of hydrogen-bond donors (Lipinski definition) is 1. The number of carbonyl (C=O) groups is 1. The Bertz CT molecular complexity index is 240. The van der Waals surface area contributed by atoms with E-state index in [4.69, 9.17) is 0 Å². The first-order chi connectivity index (χ1) is 6.27. The van der Waals surface area contributed by atoms with Crippen molar-refractivity contribution >= 4 is 5.91 Å². The lowest BCUT2D eigenvalue weighted by Gasteiger charge is -2.10. The maximum Gasteiger partial charge on any atom is 0.220 e. The molecule has 1 aliphatic heterocycles. The van der Waals surface area contributed by atoms with E-state index in [2.05, 4.69) is 30.5 Å². The average molecular weight is 179 g/mol. The van der Waals surface area contributed by atoms with Crippen LogP contribution in [0.5, 0.6) is 0 Å². The zero-order valence-corrected chi connectivity index (χ0v) is 8.34. The molecule has 1 fully saturated rings. The molecule has 0 spiro atoms. The predicted molar refractivity (Wildman–Crippen MR) is 54.4 cm³/mol. The molecule has 2 nitrogen and oxygen atoms in total. The minimum absolute atomic E-state index is 0.175. The van der Waals surface area contributed by atoms with Crippen LogP contribution in [0.3, 0.4) is 0 Å². The number of amides is 1. The SMILES string of the molecule is C/C=C(\C=C/CC)C1CCC(=O)N1. The third-order valence-electron chi connectivity index (χ3n) is 2.28. The van der Waals surface area contributed by atoms with E-state index in [1.807, 2.05) is 6.92 Å². The van der Waals surface area contributed by atoms with Crippen molar-refractivity contribution in [2.45, 2.75) is 39.2 Å². The second-order valence-electron chi connectivity index (χ2n) is 3.26. The van der Waals surface area contributed by atoms with E-state index in [-0.39, 0.29) is 11.9 Å². The van der Waals surface area contributed by atoms with Gasteiger partial charge in [-0.25, -0.2) is 0 Å². The van der Waals surface area contributed by atoms with Gasteiger partial charge in [-0.15, -0.1) is 0 Å². The third kappa shape index (κ3) is 2.72. The zero-order chi connectivity index (χ0) is 9.68. The summed E-state index contributed by atoms with van der Waals surface area (Å²) in [6.45, 7) is 4.12. The maximum atomic E-state index is 11.0. The summed E-state index contributed by atoms with van der Waals surface area (Å²) < 4.78 is 0. The van der Waals surface area contributed by atoms with Gasteiger partial charge in [0.1, 0.15) is 0 Å². The van der Waals surface area contributed by atoms with E-state index < -0.39 is 0 Å². The lowest BCUT2D eigenvalue weighted by molar-refractivity contribution is -0.119. The summed E-state index contributed by atoms with van der Waals surface area (Å²) >= 11 is 0. The van der Waals surface area contributed by atoms with Gasteiger partial charge < -0.3 is 5.32 Å². The fraction of sp³-hybridized carbons (Fsp3) is 0.545. The van der Waals surface area contributed by atoms with Crippen molar-refractivity contribution in [3.05, 3.63) is 23.8 Å². The number of rotatable bonds is 3. The Balaban J connectivity index is 2.58. The highest BCUT2D eigenvalue weighted by Crippen LogP contribution is 2.16. The van der Waals surface area contributed by atoms with Crippen LogP contribution < -0.4 is 5.32 Å². The van der Waals surface area contributed by atoms with Crippen LogP contribution in [0, 0.1) is 0 Å². The average Bonchev–Trinajstić information content (AvgIpc) is 2.54. The Morgan fingerprint density at radius 2 is 2.46 bits per heavy atom. The molecule has 72 valence electrons. The molecule has 0 saturated carbocycles. The smallest absolute Gasteiger partial charge is 0.220 e. The molecule has 1 aliphatic rings. The van der Waals surface area contributed by atoms with Gasteiger partial charge in [-0.05, 0) is 25.3 Å². The summed E-state index contributed by atoms with van der Waals surface area (Å²) in [5.41, 5.74) is 1.23. The molecule has 0 aliphatic carbocycles. The third-order valence-corrected chi connectivity index (χ3v) is 2.28. The van der Waals surface area contributed by atoms with E-state index in [1.54, 1.807) is 0 Å². The van der Waals surface area contributed by atoms with Crippen molar-refractivity contribution in [3.8, 4) is 0 Å². The molecule has 1 unspecified atom stereocenters. The molecule has 1 rings (SSSR count). The van der Waals surface area contributed by atoms with Gasteiger partial charge in [0.25, 0.3) is 0 Å². The first-order valence-corrected chi connectivity index (χ1v) is 4.90. The van der Waals surface area contributed by atoms with Crippen LogP contribution in [-0.2, 0) is 4.79 Å². The molecule has 1 amide bonds. The molecule has 1 atom stereocenters. The van der Waals surface area contributed by atoms with Gasteiger partial charge in [0.2, 0.25) is 5.91 Å². The molecule has 0 radical (unpaired) electrons. The first-order valence-electron chi connectivity index (χ1n) is 4.90. The van der Waals surface area contributed by atoms with Crippen molar-refractivity contribution in [1.82, 2.24) is 5.32 Å². The van der Waals surface area contributed by atoms with Gasteiger partial charge in [-0.3, -0.25) is 4.79 Å². The summed E-state index contributed by atoms with van der Waals surface area (Å²) in [6, 6.07) is 0.250. The molecular formula is C11H17NO. The summed E-state index contributed by atoms with van der Waals surface area (Å²) in [4.78, 5) is 11.0. The molecule has 0 aromatic rings. The number of carbonyl (C=O) groups excluding carboxylic acids is 1. The van der Waals surface area contributed by atoms with Crippen LogP contribution in [0.4, 0.5) is 0 Å². The topological polar surface area (TPSA) is 29.1 Å². The second-order valence-corrected chi connectivity index (χ2v) is 3.26. The van der Waals surface area contributed by atoms with Crippen molar-refractivity contribution in [2.24, 2.45) is 0 Å². The lowest BCUT2D eigenvalue weighted by atomic mass is 10.0.